The Bertz CT molecular complexity index is 1120. The number of nitriles is 1. The predicted octanol–water partition coefficient (Wildman–Crippen LogP) is 3.76. The van der Waals surface area contributed by atoms with Gasteiger partial charge in [0.25, 0.3) is 10.1 Å². The molecule has 0 saturated carbocycles. The number of nitrogens with zero attached hydrogens (tertiary/aromatic N) is 2. The van der Waals surface area contributed by atoms with E-state index in [1.54, 1.807) is 32.9 Å². The smallest absolute Gasteiger partial charge is 0.410 e. The van der Waals surface area contributed by atoms with Crippen molar-refractivity contribution in [3.63, 3.8) is 0 Å². The molecule has 9 heteroatoms. The largest absolute Gasteiger partial charge is 0.444 e. The zero-order valence-electron chi connectivity index (χ0n) is 19.9. The van der Waals surface area contributed by atoms with Gasteiger partial charge in [-0.3, -0.25) is 14.4 Å². The molecule has 34 heavy (non-hydrogen) atoms. The molecule has 1 aliphatic heterocycles. The molecule has 0 aliphatic carbocycles. The predicted molar refractivity (Wildman–Crippen MR) is 127 cm³/mol. The van der Waals surface area contributed by atoms with Crippen LogP contribution in [0.1, 0.15) is 38.3 Å². The molecule has 0 aromatic heterocycles. The number of nitrogens with one attached hydrogen (secondary N) is 1. The standard InChI is InChI=1S/C25H31N3O5S/c1-18-10-12-21(13-11-18)34(30,31)33-20-14-23(28(17-20)24(29)32-25(2,3)4)22(15-26)27-16-19-8-6-5-7-9-19/h5-13,20,22-23,27H,14,16-17H2,1-4H3/t20-,22-,23+/m1/s1. The maximum Gasteiger partial charge on any atom is 0.410 e. The summed E-state index contributed by atoms with van der Waals surface area (Å²) in [5.74, 6) is 0. The minimum atomic E-state index is -4.04. The fourth-order valence-electron chi connectivity index (χ4n) is 3.77. The van der Waals surface area contributed by atoms with Crippen molar-refractivity contribution in [2.75, 3.05) is 6.54 Å². The Labute approximate surface area is 201 Å². The Morgan fingerprint density at radius 3 is 2.41 bits per heavy atom. The molecule has 0 bridgehead atoms. The van der Waals surface area contributed by atoms with Crippen molar-refractivity contribution in [2.45, 2.75) is 69.3 Å². The molecule has 0 unspecified atom stereocenters. The van der Waals surface area contributed by atoms with Gasteiger partial charge in [-0.15, -0.1) is 0 Å². The van der Waals surface area contributed by atoms with E-state index < -0.39 is 40.0 Å². The maximum absolute atomic E-state index is 12.9. The number of hydrogen-bond acceptors (Lipinski definition) is 7. The van der Waals surface area contributed by atoms with E-state index in [0.29, 0.717) is 6.54 Å². The summed E-state index contributed by atoms with van der Waals surface area (Å²) < 4.78 is 36.7. The number of rotatable bonds is 7. The van der Waals surface area contributed by atoms with Crippen molar-refractivity contribution >= 4 is 16.2 Å². The van der Waals surface area contributed by atoms with Crippen LogP contribution in [0.4, 0.5) is 4.79 Å². The number of benzene rings is 2. The van der Waals surface area contributed by atoms with E-state index in [-0.39, 0.29) is 17.9 Å². The topological polar surface area (TPSA) is 109 Å². The van der Waals surface area contributed by atoms with Crippen LogP contribution in [-0.4, -0.2) is 49.7 Å². The average Bonchev–Trinajstić information content (AvgIpc) is 3.17. The second-order valence-corrected chi connectivity index (χ2v) is 11.0. The lowest BCUT2D eigenvalue weighted by Crippen LogP contribution is -2.49. The fourth-order valence-corrected chi connectivity index (χ4v) is 4.85. The van der Waals surface area contributed by atoms with E-state index in [4.69, 9.17) is 8.92 Å². The number of amides is 1. The Morgan fingerprint density at radius 1 is 1.18 bits per heavy atom. The summed E-state index contributed by atoms with van der Waals surface area (Å²) in [4.78, 5) is 14.4. The zero-order chi connectivity index (χ0) is 24.9. The van der Waals surface area contributed by atoms with E-state index in [9.17, 15) is 18.5 Å². The molecule has 3 rings (SSSR count). The van der Waals surface area contributed by atoms with Gasteiger partial charge >= 0.3 is 6.09 Å². The highest BCUT2D eigenvalue weighted by Gasteiger charge is 2.44. The quantitative estimate of drug-likeness (QED) is 0.595. The number of likely N-dealkylation sites (tertiary alicyclic amines) is 1. The van der Waals surface area contributed by atoms with Gasteiger partial charge in [0.15, 0.2) is 0 Å². The summed E-state index contributed by atoms with van der Waals surface area (Å²) in [6, 6.07) is 16.8. The van der Waals surface area contributed by atoms with E-state index in [2.05, 4.69) is 11.4 Å². The molecule has 2 aromatic carbocycles. The first kappa shape index (κ1) is 25.7. The van der Waals surface area contributed by atoms with E-state index >= 15 is 0 Å². The van der Waals surface area contributed by atoms with Crippen LogP contribution in [-0.2, 0) is 25.6 Å². The molecule has 0 spiro atoms. The number of ether oxygens (including phenoxy) is 1. The minimum Gasteiger partial charge on any atom is -0.444 e. The lowest BCUT2D eigenvalue weighted by Gasteiger charge is -2.30. The van der Waals surface area contributed by atoms with Crippen LogP contribution < -0.4 is 5.32 Å². The molecule has 8 nitrogen and oxygen atoms in total. The van der Waals surface area contributed by atoms with Crippen LogP contribution in [0.15, 0.2) is 59.5 Å². The third-order valence-electron chi connectivity index (χ3n) is 5.40. The van der Waals surface area contributed by atoms with Crippen molar-refractivity contribution < 1.29 is 22.1 Å². The summed E-state index contributed by atoms with van der Waals surface area (Å²) in [7, 11) is -4.04. The van der Waals surface area contributed by atoms with Crippen molar-refractivity contribution in [1.29, 1.82) is 5.26 Å². The first-order valence-electron chi connectivity index (χ1n) is 11.1. The second kappa shape index (κ2) is 10.6. The molecular formula is C25H31N3O5S. The van der Waals surface area contributed by atoms with Gasteiger partial charge < -0.3 is 4.74 Å². The number of aryl methyl sites for hydroxylation is 1. The van der Waals surface area contributed by atoms with Gasteiger partial charge in [-0.25, -0.2) is 4.79 Å². The van der Waals surface area contributed by atoms with Crippen LogP contribution in [0.25, 0.3) is 0 Å². The van der Waals surface area contributed by atoms with Crippen LogP contribution >= 0.6 is 0 Å². The van der Waals surface area contributed by atoms with Crippen LogP contribution in [0.2, 0.25) is 0 Å². The lowest BCUT2D eigenvalue weighted by atomic mass is 10.1. The van der Waals surface area contributed by atoms with Crippen molar-refractivity contribution in [3.8, 4) is 6.07 Å². The zero-order valence-corrected chi connectivity index (χ0v) is 20.7. The molecule has 1 saturated heterocycles. The van der Waals surface area contributed by atoms with Crippen molar-refractivity contribution in [2.24, 2.45) is 0 Å². The molecule has 1 heterocycles. The second-order valence-electron chi connectivity index (χ2n) is 9.39. The van der Waals surface area contributed by atoms with Crippen LogP contribution in [0.3, 0.4) is 0 Å². The van der Waals surface area contributed by atoms with Gasteiger partial charge in [-0.1, -0.05) is 48.0 Å². The van der Waals surface area contributed by atoms with E-state index in [0.717, 1.165) is 11.1 Å². The Hall–Kier alpha value is -2.93. The number of carbonyl (C=O) groups excluding carboxylic acids is 1. The first-order chi connectivity index (χ1) is 16.0. The Morgan fingerprint density at radius 2 is 1.82 bits per heavy atom. The SMILES string of the molecule is Cc1ccc(S(=O)(=O)O[C@@H]2C[C@@H]([C@@H](C#N)NCc3ccccc3)N(C(=O)OC(C)(C)C)C2)cc1. The Balaban J connectivity index is 1.79. The summed E-state index contributed by atoms with van der Waals surface area (Å²) in [6.07, 6.45) is -1.25. The highest BCUT2D eigenvalue weighted by molar-refractivity contribution is 7.86. The molecule has 3 atom stereocenters. The van der Waals surface area contributed by atoms with Gasteiger partial charge in [-0.2, -0.15) is 13.7 Å². The summed E-state index contributed by atoms with van der Waals surface area (Å²) in [5.41, 5.74) is 1.17. The summed E-state index contributed by atoms with van der Waals surface area (Å²) in [5, 5.41) is 13.1. The number of hydrogen-bond donors (Lipinski definition) is 1. The van der Waals surface area contributed by atoms with Gasteiger partial charge in [0.05, 0.1) is 29.7 Å². The molecule has 0 radical (unpaired) electrons. The average molecular weight is 486 g/mol. The van der Waals surface area contributed by atoms with Crippen molar-refractivity contribution in [3.05, 3.63) is 65.7 Å². The summed E-state index contributed by atoms with van der Waals surface area (Å²) in [6.45, 7) is 7.53. The third-order valence-corrected chi connectivity index (χ3v) is 6.77. The fraction of sp³-hybridized carbons (Fsp3) is 0.440. The lowest BCUT2D eigenvalue weighted by molar-refractivity contribution is 0.0198. The van der Waals surface area contributed by atoms with Gasteiger partial charge in [0.2, 0.25) is 0 Å². The highest BCUT2D eigenvalue weighted by atomic mass is 32.2. The minimum absolute atomic E-state index is 0.00410. The highest BCUT2D eigenvalue weighted by Crippen LogP contribution is 2.28. The van der Waals surface area contributed by atoms with Gasteiger partial charge in [-0.05, 0) is 51.8 Å². The van der Waals surface area contributed by atoms with Gasteiger partial charge in [0.1, 0.15) is 11.6 Å². The molecular weight excluding hydrogens is 454 g/mol. The molecule has 2 aromatic rings. The van der Waals surface area contributed by atoms with Crippen molar-refractivity contribution in [1.82, 2.24) is 10.2 Å². The molecule has 182 valence electrons. The van der Waals surface area contributed by atoms with Crippen LogP contribution in [0.5, 0.6) is 0 Å². The summed E-state index contributed by atoms with van der Waals surface area (Å²) >= 11 is 0. The van der Waals surface area contributed by atoms with Crippen LogP contribution in [0, 0.1) is 18.3 Å². The Kier molecular flexibility index (Phi) is 7.97. The normalized spacial score (nSPS) is 19.4. The van der Waals surface area contributed by atoms with Gasteiger partial charge in [0, 0.05) is 6.54 Å². The molecule has 1 N–H and O–H groups in total. The van der Waals surface area contributed by atoms with E-state index in [1.165, 1.54) is 17.0 Å². The first-order valence-corrected chi connectivity index (χ1v) is 12.6. The molecule has 1 aliphatic rings. The molecule has 1 amide bonds. The van der Waals surface area contributed by atoms with E-state index in [1.807, 2.05) is 37.3 Å². The maximum atomic E-state index is 12.9. The number of carbonyl (C=O) groups is 1. The molecule has 1 fully saturated rings. The third kappa shape index (κ3) is 6.79. The monoisotopic (exact) mass is 485 g/mol.